The number of rotatable bonds is 5. The van der Waals surface area contributed by atoms with E-state index in [-0.39, 0.29) is 11.8 Å². The lowest BCUT2D eigenvalue weighted by Crippen LogP contribution is -2.40. The molecule has 0 radical (unpaired) electrons. The van der Waals surface area contributed by atoms with Crippen LogP contribution < -0.4 is 11.1 Å². The van der Waals surface area contributed by atoms with Crippen LogP contribution >= 0.6 is 22.7 Å². The smallest absolute Gasteiger partial charge is 0.243 e. The molecule has 2 heterocycles. The Bertz CT molecular complexity index is 633. The molecule has 6 heteroatoms. The lowest BCUT2D eigenvalue weighted by atomic mass is 10.00. The van der Waals surface area contributed by atoms with E-state index < -0.39 is 6.04 Å². The Labute approximate surface area is 133 Å². The number of hydrogen-bond donors (Lipinski definition) is 2. The lowest BCUT2D eigenvalue weighted by molar-refractivity contribution is -0.118. The van der Waals surface area contributed by atoms with Gasteiger partial charge in [-0.25, -0.2) is 4.98 Å². The summed E-state index contributed by atoms with van der Waals surface area (Å²) in [5.41, 5.74) is 6.89. The molecule has 1 amide bonds. The molecule has 2 aromatic heterocycles. The molecule has 2 rings (SSSR count). The van der Waals surface area contributed by atoms with E-state index in [1.54, 1.807) is 11.3 Å². The van der Waals surface area contributed by atoms with Gasteiger partial charge in [-0.05, 0) is 31.9 Å². The highest BCUT2D eigenvalue weighted by Gasteiger charge is 2.21. The van der Waals surface area contributed by atoms with Crippen LogP contribution in [0.5, 0.6) is 0 Å². The highest BCUT2D eigenvalue weighted by atomic mass is 32.1. The number of anilines is 1. The van der Waals surface area contributed by atoms with Gasteiger partial charge in [-0.3, -0.25) is 4.79 Å². The fourth-order valence-electron chi connectivity index (χ4n) is 1.94. The van der Waals surface area contributed by atoms with E-state index in [0.29, 0.717) is 5.13 Å². The predicted molar refractivity (Wildman–Crippen MR) is 91.0 cm³/mol. The van der Waals surface area contributed by atoms with E-state index in [4.69, 9.17) is 5.73 Å². The topological polar surface area (TPSA) is 68.0 Å². The van der Waals surface area contributed by atoms with Gasteiger partial charge in [-0.1, -0.05) is 20.3 Å². The first-order chi connectivity index (χ1) is 9.92. The van der Waals surface area contributed by atoms with Crippen LogP contribution in [0, 0.1) is 19.8 Å². The number of nitrogens with one attached hydrogen (secondary N) is 1. The van der Waals surface area contributed by atoms with Crippen molar-refractivity contribution < 1.29 is 4.79 Å². The van der Waals surface area contributed by atoms with Crippen LogP contribution in [0.1, 0.15) is 30.0 Å². The van der Waals surface area contributed by atoms with E-state index in [2.05, 4.69) is 29.4 Å². The van der Waals surface area contributed by atoms with Crippen LogP contribution in [0.3, 0.4) is 0 Å². The van der Waals surface area contributed by atoms with Crippen molar-refractivity contribution in [2.45, 2.75) is 40.2 Å². The van der Waals surface area contributed by atoms with Crippen LogP contribution in [0.15, 0.2) is 12.1 Å². The van der Waals surface area contributed by atoms with Crippen LogP contribution in [0.4, 0.5) is 5.13 Å². The summed E-state index contributed by atoms with van der Waals surface area (Å²) in [6, 6.07) is 3.65. The van der Waals surface area contributed by atoms with Gasteiger partial charge in [-0.15, -0.1) is 22.7 Å². The molecular formula is C15H21N3OS2. The monoisotopic (exact) mass is 323 g/mol. The summed E-state index contributed by atoms with van der Waals surface area (Å²) in [5, 5.41) is 3.47. The molecule has 0 saturated heterocycles. The summed E-state index contributed by atoms with van der Waals surface area (Å²) in [6.45, 7) is 8.11. The van der Waals surface area contributed by atoms with Crippen molar-refractivity contribution in [2.75, 3.05) is 5.32 Å². The summed E-state index contributed by atoms with van der Waals surface area (Å²) in [7, 11) is 0. The molecule has 0 aliphatic rings. The molecule has 0 fully saturated rings. The lowest BCUT2D eigenvalue weighted by Gasteiger charge is -2.16. The molecule has 0 spiro atoms. The molecule has 21 heavy (non-hydrogen) atoms. The number of thiophene rings is 1. The number of nitrogens with two attached hydrogens (primary N) is 1. The first-order valence-electron chi connectivity index (χ1n) is 7.03. The van der Waals surface area contributed by atoms with Gasteiger partial charge in [0.1, 0.15) is 0 Å². The van der Waals surface area contributed by atoms with Gasteiger partial charge in [0.15, 0.2) is 5.13 Å². The molecule has 0 aromatic carbocycles. The van der Waals surface area contributed by atoms with Gasteiger partial charge < -0.3 is 11.1 Å². The van der Waals surface area contributed by atoms with Gasteiger partial charge in [0, 0.05) is 9.75 Å². The van der Waals surface area contributed by atoms with Crippen molar-refractivity contribution in [3.8, 4) is 10.6 Å². The summed E-state index contributed by atoms with van der Waals surface area (Å²) >= 11 is 3.20. The molecule has 2 unspecified atom stereocenters. The van der Waals surface area contributed by atoms with E-state index >= 15 is 0 Å². The standard InChI is InChI=1S/C15H21N3OS2/c1-5-8(2)12(16)14(19)18-15-17-13(10(4)21-15)11-7-6-9(3)20-11/h6-8,12H,5,16H2,1-4H3,(H,17,18,19). The average Bonchev–Trinajstić information content (AvgIpc) is 3.02. The average molecular weight is 323 g/mol. The molecule has 3 N–H and O–H groups in total. The Balaban J connectivity index is 2.14. The van der Waals surface area contributed by atoms with Crippen LogP contribution in [0.25, 0.3) is 10.6 Å². The van der Waals surface area contributed by atoms with Gasteiger partial charge in [0.25, 0.3) is 0 Å². The summed E-state index contributed by atoms with van der Waals surface area (Å²) in [4.78, 5) is 20.1. The van der Waals surface area contributed by atoms with Gasteiger partial charge >= 0.3 is 0 Å². The van der Waals surface area contributed by atoms with Crippen LogP contribution in [0.2, 0.25) is 0 Å². The Hall–Kier alpha value is -1.24. The quantitative estimate of drug-likeness (QED) is 0.879. The molecule has 114 valence electrons. The number of aromatic nitrogens is 1. The second kappa shape index (κ2) is 6.68. The number of amides is 1. The first kappa shape index (κ1) is 16.1. The summed E-state index contributed by atoms with van der Waals surface area (Å²) in [5.74, 6) is -0.00233. The SMILES string of the molecule is CCC(C)C(N)C(=O)Nc1nc(-c2ccc(C)s2)c(C)s1. The van der Waals surface area contributed by atoms with Crippen molar-refractivity contribution in [3.63, 3.8) is 0 Å². The molecule has 0 aliphatic heterocycles. The van der Waals surface area contributed by atoms with Crippen molar-refractivity contribution in [1.29, 1.82) is 0 Å². The van der Waals surface area contributed by atoms with E-state index in [1.807, 2.05) is 20.8 Å². The molecule has 4 nitrogen and oxygen atoms in total. The molecule has 0 bridgehead atoms. The molecule has 2 atom stereocenters. The maximum Gasteiger partial charge on any atom is 0.243 e. The highest BCUT2D eigenvalue weighted by Crippen LogP contribution is 2.34. The normalized spacial score (nSPS) is 14.0. The van der Waals surface area contributed by atoms with Crippen molar-refractivity contribution in [3.05, 3.63) is 21.9 Å². The Kier molecular flexibility index (Phi) is 5.13. The number of carbonyl (C=O) groups is 1. The Morgan fingerprint density at radius 1 is 1.38 bits per heavy atom. The zero-order valence-electron chi connectivity index (χ0n) is 12.8. The fourth-order valence-corrected chi connectivity index (χ4v) is 3.75. The van der Waals surface area contributed by atoms with E-state index in [1.165, 1.54) is 16.2 Å². The summed E-state index contributed by atoms with van der Waals surface area (Å²) in [6.07, 6.45) is 0.880. The number of thiazole rings is 1. The van der Waals surface area contributed by atoms with Gasteiger partial charge in [0.2, 0.25) is 5.91 Å². The number of aryl methyl sites for hydroxylation is 2. The van der Waals surface area contributed by atoms with Crippen LogP contribution in [-0.2, 0) is 4.79 Å². The first-order valence-corrected chi connectivity index (χ1v) is 8.66. The minimum absolute atomic E-state index is 0.158. The zero-order chi connectivity index (χ0) is 15.6. The molecule has 2 aromatic rings. The van der Waals surface area contributed by atoms with Gasteiger partial charge in [0.05, 0.1) is 16.6 Å². The van der Waals surface area contributed by atoms with Crippen molar-refractivity contribution in [2.24, 2.45) is 11.7 Å². The fraction of sp³-hybridized carbons (Fsp3) is 0.467. The van der Waals surface area contributed by atoms with Gasteiger partial charge in [-0.2, -0.15) is 0 Å². The third kappa shape index (κ3) is 3.70. The van der Waals surface area contributed by atoms with Crippen molar-refractivity contribution in [1.82, 2.24) is 4.98 Å². The predicted octanol–water partition coefficient (Wildman–Crippen LogP) is 3.80. The minimum Gasteiger partial charge on any atom is -0.320 e. The third-order valence-corrected chi connectivity index (χ3v) is 5.45. The minimum atomic E-state index is -0.494. The molecule has 0 aliphatic carbocycles. The van der Waals surface area contributed by atoms with E-state index in [0.717, 1.165) is 21.9 Å². The second-order valence-electron chi connectivity index (χ2n) is 5.23. The zero-order valence-corrected chi connectivity index (χ0v) is 14.4. The maximum atomic E-state index is 12.1. The Morgan fingerprint density at radius 3 is 2.67 bits per heavy atom. The molecule has 0 saturated carbocycles. The summed E-state index contributed by atoms with van der Waals surface area (Å²) < 4.78 is 0. The van der Waals surface area contributed by atoms with E-state index in [9.17, 15) is 4.79 Å². The van der Waals surface area contributed by atoms with Crippen molar-refractivity contribution >= 4 is 33.7 Å². The maximum absolute atomic E-state index is 12.1. The largest absolute Gasteiger partial charge is 0.320 e. The van der Waals surface area contributed by atoms with Crippen LogP contribution in [-0.4, -0.2) is 16.9 Å². The number of nitrogens with zero attached hydrogens (tertiary/aromatic N) is 1. The highest BCUT2D eigenvalue weighted by molar-refractivity contribution is 7.18. The Morgan fingerprint density at radius 2 is 2.10 bits per heavy atom. The molecular weight excluding hydrogens is 302 g/mol. The number of carbonyl (C=O) groups excluding carboxylic acids is 1. The third-order valence-electron chi connectivity index (χ3n) is 3.56. The second-order valence-corrected chi connectivity index (χ2v) is 7.73. The number of hydrogen-bond acceptors (Lipinski definition) is 5.